The second-order valence-corrected chi connectivity index (χ2v) is 4.94. The van der Waals surface area contributed by atoms with Crippen LogP contribution in [0.5, 0.6) is 0 Å². The first-order chi connectivity index (χ1) is 10.6. The van der Waals surface area contributed by atoms with Crippen molar-refractivity contribution in [1.29, 1.82) is 5.26 Å². The first-order valence-corrected chi connectivity index (χ1v) is 6.72. The summed E-state index contributed by atoms with van der Waals surface area (Å²) in [6.07, 6.45) is 1.49. The van der Waals surface area contributed by atoms with Gasteiger partial charge in [0.2, 0.25) is 0 Å². The van der Waals surface area contributed by atoms with E-state index in [4.69, 9.17) is 5.26 Å². The van der Waals surface area contributed by atoms with Gasteiger partial charge in [-0.2, -0.15) is 10.4 Å². The number of nitriles is 1. The van der Waals surface area contributed by atoms with Gasteiger partial charge in [0.05, 0.1) is 17.4 Å². The number of fused-ring (bicyclic) bond motifs is 1. The van der Waals surface area contributed by atoms with Gasteiger partial charge in [-0.05, 0) is 32.0 Å². The number of hydrogen-bond donors (Lipinski definition) is 1. The maximum absolute atomic E-state index is 12.5. The third kappa shape index (κ3) is 2.29. The van der Waals surface area contributed by atoms with E-state index in [2.05, 4.69) is 21.5 Å². The molecule has 1 amide bonds. The number of aryl methyl sites for hydroxylation is 2. The third-order valence-electron chi connectivity index (χ3n) is 3.32. The molecule has 6 nitrogen and oxygen atoms in total. The number of anilines is 1. The van der Waals surface area contributed by atoms with Crippen molar-refractivity contribution in [3.8, 4) is 6.07 Å². The molecular weight excluding hydrogens is 278 g/mol. The van der Waals surface area contributed by atoms with E-state index in [0.29, 0.717) is 22.5 Å². The van der Waals surface area contributed by atoms with Gasteiger partial charge in [0, 0.05) is 11.4 Å². The molecule has 0 spiro atoms. The van der Waals surface area contributed by atoms with Crippen LogP contribution in [0.25, 0.3) is 5.65 Å². The fraction of sp³-hybridized carbons (Fsp3) is 0.125. The summed E-state index contributed by atoms with van der Waals surface area (Å²) in [7, 11) is 0. The van der Waals surface area contributed by atoms with Crippen molar-refractivity contribution in [1.82, 2.24) is 14.6 Å². The number of aromatic nitrogens is 3. The Morgan fingerprint density at radius 3 is 2.86 bits per heavy atom. The molecule has 0 unspecified atom stereocenters. The van der Waals surface area contributed by atoms with Gasteiger partial charge in [-0.25, -0.2) is 9.50 Å². The lowest BCUT2D eigenvalue weighted by atomic mass is 10.2. The molecule has 2 aromatic heterocycles. The molecule has 0 bridgehead atoms. The predicted octanol–water partition coefficient (Wildman–Crippen LogP) is 2.47. The minimum Gasteiger partial charge on any atom is -0.321 e. The van der Waals surface area contributed by atoms with E-state index in [-0.39, 0.29) is 5.91 Å². The van der Waals surface area contributed by atoms with E-state index in [1.165, 1.54) is 6.20 Å². The van der Waals surface area contributed by atoms with Crippen LogP contribution in [0, 0.1) is 25.2 Å². The van der Waals surface area contributed by atoms with Crippen LogP contribution in [0.4, 0.5) is 5.69 Å². The van der Waals surface area contributed by atoms with Crippen molar-refractivity contribution in [3.63, 3.8) is 0 Å². The van der Waals surface area contributed by atoms with Crippen LogP contribution in [0.15, 0.2) is 36.5 Å². The van der Waals surface area contributed by atoms with Crippen LogP contribution < -0.4 is 5.32 Å². The van der Waals surface area contributed by atoms with Crippen molar-refractivity contribution in [2.24, 2.45) is 0 Å². The number of benzene rings is 1. The van der Waals surface area contributed by atoms with Gasteiger partial charge in [-0.3, -0.25) is 4.79 Å². The Balaban J connectivity index is 2.02. The molecule has 2 heterocycles. The zero-order valence-corrected chi connectivity index (χ0v) is 12.2. The molecule has 0 radical (unpaired) electrons. The van der Waals surface area contributed by atoms with Crippen LogP contribution in [0.3, 0.4) is 0 Å². The highest BCUT2D eigenvalue weighted by atomic mass is 16.1. The zero-order valence-electron chi connectivity index (χ0n) is 12.2. The number of hydrogen-bond acceptors (Lipinski definition) is 4. The first-order valence-electron chi connectivity index (χ1n) is 6.72. The molecule has 108 valence electrons. The standard InChI is InChI=1S/C16H13N5O/c1-10-7-11(2)21-15(19-10)13(9-18-21)16(22)20-14-6-4-3-5-12(14)8-17/h3-7,9H,1-2H3,(H,20,22). The Labute approximate surface area is 127 Å². The average Bonchev–Trinajstić information content (AvgIpc) is 2.92. The van der Waals surface area contributed by atoms with E-state index in [1.807, 2.05) is 19.9 Å². The number of nitrogens with one attached hydrogen (secondary N) is 1. The molecular formula is C16H13N5O. The molecule has 3 rings (SSSR count). The number of carbonyl (C=O) groups excluding carboxylic acids is 1. The zero-order chi connectivity index (χ0) is 15.7. The fourth-order valence-electron chi connectivity index (χ4n) is 2.31. The Kier molecular flexibility index (Phi) is 3.31. The Morgan fingerprint density at radius 2 is 2.09 bits per heavy atom. The van der Waals surface area contributed by atoms with E-state index in [9.17, 15) is 4.79 Å². The number of rotatable bonds is 2. The fourth-order valence-corrected chi connectivity index (χ4v) is 2.31. The van der Waals surface area contributed by atoms with Crippen molar-refractivity contribution < 1.29 is 4.79 Å². The SMILES string of the molecule is Cc1cc(C)n2ncc(C(=O)Nc3ccccc3C#N)c2n1. The molecule has 0 saturated heterocycles. The van der Waals surface area contributed by atoms with Gasteiger partial charge in [-0.1, -0.05) is 12.1 Å². The van der Waals surface area contributed by atoms with E-state index in [0.717, 1.165) is 11.4 Å². The lowest BCUT2D eigenvalue weighted by Crippen LogP contribution is -2.13. The number of carbonyl (C=O) groups is 1. The van der Waals surface area contributed by atoms with E-state index in [1.54, 1.807) is 28.8 Å². The summed E-state index contributed by atoms with van der Waals surface area (Å²) < 4.78 is 1.62. The van der Waals surface area contributed by atoms with Crippen molar-refractivity contribution in [2.45, 2.75) is 13.8 Å². The number of para-hydroxylation sites is 1. The quantitative estimate of drug-likeness (QED) is 0.786. The maximum atomic E-state index is 12.5. The summed E-state index contributed by atoms with van der Waals surface area (Å²) in [4.78, 5) is 16.8. The van der Waals surface area contributed by atoms with Gasteiger partial charge in [0.1, 0.15) is 11.6 Å². The molecule has 1 N–H and O–H groups in total. The maximum Gasteiger partial charge on any atom is 0.261 e. The minimum atomic E-state index is -0.338. The molecule has 3 aromatic rings. The molecule has 0 atom stereocenters. The third-order valence-corrected chi connectivity index (χ3v) is 3.32. The van der Waals surface area contributed by atoms with Crippen molar-refractivity contribution >= 4 is 17.2 Å². The van der Waals surface area contributed by atoms with Crippen molar-refractivity contribution in [3.05, 3.63) is 59.0 Å². The largest absolute Gasteiger partial charge is 0.321 e. The number of amides is 1. The second kappa shape index (κ2) is 5.30. The molecule has 0 aliphatic rings. The van der Waals surface area contributed by atoms with E-state index < -0.39 is 0 Å². The molecule has 1 aromatic carbocycles. The van der Waals surface area contributed by atoms with Crippen LogP contribution in [-0.4, -0.2) is 20.5 Å². The smallest absolute Gasteiger partial charge is 0.261 e. The highest BCUT2D eigenvalue weighted by Gasteiger charge is 2.16. The normalized spacial score (nSPS) is 10.4. The summed E-state index contributed by atoms with van der Waals surface area (Å²) in [6, 6.07) is 10.8. The topological polar surface area (TPSA) is 83.1 Å². The molecule has 22 heavy (non-hydrogen) atoms. The van der Waals surface area contributed by atoms with Crippen LogP contribution in [0.1, 0.15) is 27.3 Å². The second-order valence-electron chi connectivity index (χ2n) is 4.94. The van der Waals surface area contributed by atoms with Gasteiger partial charge >= 0.3 is 0 Å². The van der Waals surface area contributed by atoms with Gasteiger partial charge < -0.3 is 5.32 Å². The Bertz CT molecular complexity index is 920. The van der Waals surface area contributed by atoms with Crippen LogP contribution >= 0.6 is 0 Å². The molecule has 0 aliphatic carbocycles. The highest BCUT2D eigenvalue weighted by molar-refractivity contribution is 6.08. The molecule has 0 saturated carbocycles. The average molecular weight is 291 g/mol. The van der Waals surface area contributed by atoms with Gasteiger partial charge in [0.15, 0.2) is 5.65 Å². The molecule has 0 aliphatic heterocycles. The summed E-state index contributed by atoms with van der Waals surface area (Å²) in [5.74, 6) is -0.338. The molecule has 0 fully saturated rings. The predicted molar refractivity (Wildman–Crippen MR) is 81.6 cm³/mol. The Hall–Kier alpha value is -3.20. The summed E-state index contributed by atoms with van der Waals surface area (Å²) in [5, 5.41) is 16.0. The van der Waals surface area contributed by atoms with Gasteiger partial charge in [0.25, 0.3) is 5.91 Å². The minimum absolute atomic E-state index is 0.338. The lowest BCUT2D eigenvalue weighted by Gasteiger charge is -2.06. The Morgan fingerprint density at radius 1 is 1.32 bits per heavy atom. The highest BCUT2D eigenvalue weighted by Crippen LogP contribution is 2.17. The summed E-state index contributed by atoms with van der Waals surface area (Å²) >= 11 is 0. The lowest BCUT2D eigenvalue weighted by molar-refractivity contribution is 0.102. The molecule has 6 heteroatoms. The van der Waals surface area contributed by atoms with Gasteiger partial charge in [-0.15, -0.1) is 0 Å². The van der Waals surface area contributed by atoms with Crippen LogP contribution in [-0.2, 0) is 0 Å². The summed E-state index contributed by atoms with van der Waals surface area (Å²) in [5.41, 5.74) is 3.48. The van der Waals surface area contributed by atoms with Crippen LogP contribution in [0.2, 0.25) is 0 Å². The van der Waals surface area contributed by atoms with Crippen molar-refractivity contribution in [2.75, 3.05) is 5.32 Å². The first kappa shape index (κ1) is 13.8. The summed E-state index contributed by atoms with van der Waals surface area (Å²) in [6.45, 7) is 3.77. The monoisotopic (exact) mass is 291 g/mol. The van der Waals surface area contributed by atoms with E-state index >= 15 is 0 Å². The number of nitrogens with zero attached hydrogens (tertiary/aromatic N) is 4.